The zero-order chi connectivity index (χ0) is 28.0. The summed E-state index contributed by atoms with van der Waals surface area (Å²) >= 11 is 0. The van der Waals surface area contributed by atoms with Crippen LogP contribution in [-0.4, -0.2) is 53.7 Å². The van der Waals surface area contributed by atoms with E-state index in [2.05, 4.69) is 28.9 Å². The van der Waals surface area contributed by atoms with Gasteiger partial charge in [-0.05, 0) is 49.3 Å². The number of anilines is 2. The highest BCUT2D eigenvalue weighted by molar-refractivity contribution is 6.03. The Morgan fingerprint density at radius 1 is 1.08 bits per heavy atom. The Balaban J connectivity index is 0.00000195. The van der Waals surface area contributed by atoms with Crippen LogP contribution in [0, 0.1) is 0 Å². The van der Waals surface area contributed by atoms with Gasteiger partial charge in [0.25, 0.3) is 0 Å². The molecule has 2 bridgehead atoms. The second-order valence-electron chi connectivity index (χ2n) is 9.54. The van der Waals surface area contributed by atoms with Crippen molar-refractivity contribution in [3.05, 3.63) is 42.0 Å². The molecule has 1 N–H and O–H groups in total. The quantitative estimate of drug-likeness (QED) is 0.445. The number of hydrogen-bond donors (Lipinski definition) is 1. The minimum Gasteiger partial charge on any atom is -0.481 e. The number of aromatic nitrogens is 1. The van der Waals surface area contributed by atoms with Crippen molar-refractivity contribution in [1.82, 2.24) is 9.88 Å². The predicted octanol–water partition coefficient (Wildman–Crippen LogP) is 6.42. The number of benzene rings is 1. The van der Waals surface area contributed by atoms with Crippen molar-refractivity contribution in [2.75, 3.05) is 17.3 Å². The largest absolute Gasteiger partial charge is 0.481 e. The van der Waals surface area contributed by atoms with Crippen molar-refractivity contribution in [2.24, 2.45) is 0 Å². The number of alkyl halides is 2. The maximum atomic E-state index is 13.9. The van der Waals surface area contributed by atoms with Crippen molar-refractivity contribution in [2.45, 2.75) is 91.0 Å². The first-order chi connectivity index (χ1) is 18.2. The zero-order valence-corrected chi connectivity index (χ0v) is 22.9. The normalized spacial score (nSPS) is 20.1. The van der Waals surface area contributed by atoms with Crippen LogP contribution in [0.4, 0.5) is 25.0 Å². The van der Waals surface area contributed by atoms with Crippen molar-refractivity contribution in [1.29, 1.82) is 0 Å². The van der Waals surface area contributed by atoms with Gasteiger partial charge in [-0.25, -0.2) is 4.79 Å². The summed E-state index contributed by atoms with van der Waals surface area (Å²) in [4.78, 5) is 33.7. The number of rotatable bonds is 7. The van der Waals surface area contributed by atoms with Crippen LogP contribution >= 0.6 is 0 Å². The van der Waals surface area contributed by atoms with E-state index in [1.165, 1.54) is 19.2 Å². The number of halogens is 2. The summed E-state index contributed by atoms with van der Waals surface area (Å²) in [5.74, 6) is -0.149. The smallest absolute Gasteiger partial charge is 0.388 e. The van der Waals surface area contributed by atoms with Crippen LogP contribution in [0.1, 0.15) is 71.8 Å². The van der Waals surface area contributed by atoms with E-state index in [4.69, 9.17) is 4.74 Å². The number of amides is 3. The Morgan fingerprint density at radius 2 is 1.71 bits per heavy atom. The Morgan fingerprint density at radius 3 is 2.26 bits per heavy atom. The molecule has 4 rings (SSSR count). The number of hydrogen-bond acceptors (Lipinski definition) is 5. The molecule has 2 unspecified atom stereocenters. The van der Waals surface area contributed by atoms with E-state index in [9.17, 15) is 18.4 Å². The van der Waals surface area contributed by atoms with E-state index in [-0.39, 0.29) is 41.5 Å². The van der Waals surface area contributed by atoms with Gasteiger partial charge in [0.1, 0.15) is 5.69 Å². The minimum atomic E-state index is -3.12. The molecule has 1 aromatic heterocycles. The molecule has 3 amide bonds. The van der Waals surface area contributed by atoms with Gasteiger partial charge in [0.15, 0.2) is 0 Å². The first-order valence-corrected chi connectivity index (χ1v) is 13.2. The standard InChI is InChI=1S/C26H32F2N4O4.C2H6/c1-15(2)20-7-5-6-8-22(20)32(19-13-17-9-10-18(14-19)31(17)16(3)33)26(34)29-21-11-12-23(35-4)30-24(21)36-25(27)28;1-2/h5-8,11-12,15,17-19,25H,9-10,13-14H2,1-4H3,(H,29,34);1-2H3. The van der Waals surface area contributed by atoms with Crippen LogP contribution in [0.15, 0.2) is 36.4 Å². The van der Waals surface area contributed by atoms with Gasteiger partial charge in [0.05, 0.1) is 7.11 Å². The van der Waals surface area contributed by atoms with Crippen molar-refractivity contribution in [3.63, 3.8) is 0 Å². The lowest BCUT2D eigenvalue weighted by Gasteiger charge is -2.43. The summed E-state index contributed by atoms with van der Waals surface area (Å²) in [6.07, 6.45) is 3.07. The summed E-state index contributed by atoms with van der Waals surface area (Å²) in [5.41, 5.74) is 1.76. The summed E-state index contributed by atoms with van der Waals surface area (Å²) in [5, 5.41) is 2.74. The van der Waals surface area contributed by atoms with Crippen molar-refractivity contribution >= 4 is 23.3 Å². The van der Waals surface area contributed by atoms with Gasteiger partial charge in [0, 0.05) is 36.8 Å². The fourth-order valence-corrected chi connectivity index (χ4v) is 5.52. The first kappa shape index (κ1) is 29.1. The van der Waals surface area contributed by atoms with Gasteiger partial charge < -0.3 is 19.7 Å². The monoisotopic (exact) mass is 532 g/mol. The molecule has 0 spiro atoms. The molecule has 2 saturated heterocycles. The number of para-hydroxylation sites is 1. The highest BCUT2D eigenvalue weighted by Gasteiger charge is 2.45. The molecule has 8 nitrogen and oxygen atoms in total. The average molecular weight is 533 g/mol. The fourth-order valence-electron chi connectivity index (χ4n) is 5.52. The second kappa shape index (κ2) is 12.9. The van der Waals surface area contributed by atoms with Crippen LogP contribution < -0.4 is 19.7 Å². The molecule has 3 heterocycles. The molecule has 10 heteroatoms. The lowest BCUT2D eigenvalue weighted by molar-refractivity contribution is -0.133. The van der Waals surface area contributed by atoms with Crippen LogP contribution in [0.5, 0.6) is 11.8 Å². The highest BCUT2D eigenvalue weighted by atomic mass is 19.3. The summed E-state index contributed by atoms with van der Waals surface area (Å²) < 4.78 is 35.7. The molecule has 208 valence electrons. The molecular formula is C28H38F2N4O4. The average Bonchev–Trinajstić information content (AvgIpc) is 3.17. The number of carbonyl (C=O) groups is 2. The van der Waals surface area contributed by atoms with Crippen LogP contribution in [0.2, 0.25) is 0 Å². The maximum Gasteiger partial charge on any atom is 0.388 e. The number of pyridine rings is 1. The molecule has 2 aromatic rings. The van der Waals surface area contributed by atoms with E-state index < -0.39 is 18.5 Å². The molecule has 2 fully saturated rings. The molecule has 2 aliphatic heterocycles. The van der Waals surface area contributed by atoms with Gasteiger partial charge in [-0.3, -0.25) is 9.69 Å². The maximum absolute atomic E-state index is 13.9. The van der Waals surface area contributed by atoms with Crippen molar-refractivity contribution in [3.8, 4) is 11.8 Å². The summed E-state index contributed by atoms with van der Waals surface area (Å²) in [6.45, 7) is 6.58. The van der Waals surface area contributed by atoms with Crippen LogP contribution in [0.3, 0.4) is 0 Å². The number of nitrogens with one attached hydrogen (secondary N) is 1. The van der Waals surface area contributed by atoms with E-state index in [1.807, 2.05) is 43.0 Å². The van der Waals surface area contributed by atoms with Crippen LogP contribution in [-0.2, 0) is 4.79 Å². The third-order valence-electron chi connectivity index (χ3n) is 6.96. The number of methoxy groups -OCH3 is 1. The summed E-state index contributed by atoms with van der Waals surface area (Å²) in [7, 11) is 1.36. The number of nitrogens with zero attached hydrogens (tertiary/aromatic N) is 3. The van der Waals surface area contributed by atoms with Gasteiger partial charge in [0.2, 0.25) is 17.7 Å². The van der Waals surface area contributed by atoms with E-state index in [1.54, 1.807) is 11.8 Å². The van der Waals surface area contributed by atoms with E-state index >= 15 is 0 Å². The van der Waals surface area contributed by atoms with Crippen LogP contribution in [0.25, 0.3) is 0 Å². The van der Waals surface area contributed by atoms with Gasteiger partial charge in [-0.2, -0.15) is 13.8 Å². The Kier molecular flexibility index (Phi) is 9.88. The molecule has 38 heavy (non-hydrogen) atoms. The van der Waals surface area contributed by atoms with E-state index in [0.29, 0.717) is 12.8 Å². The third-order valence-corrected chi connectivity index (χ3v) is 6.96. The highest BCUT2D eigenvalue weighted by Crippen LogP contribution is 2.41. The number of fused-ring (bicyclic) bond motifs is 2. The number of carbonyl (C=O) groups excluding carboxylic acids is 2. The lowest BCUT2D eigenvalue weighted by Crippen LogP contribution is -2.54. The Hall–Kier alpha value is -3.43. The zero-order valence-electron chi connectivity index (χ0n) is 22.9. The van der Waals surface area contributed by atoms with E-state index in [0.717, 1.165) is 24.1 Å². The third kappa shape index (κ3) is 6.34. The summed E-state index contributed by atoms with van der Waals surface area (Å²) in [6, 6.07) is 10.1. The number of urea groups is 1. The van der Waals surface area contributed by atoms with Crippen molar-refractivity contribution < 1.29 is 27.8 Å². The molecule has 2 atom stereocenters. The molecule has 1 aromatic carbocycles. The lowest BCUT2D eigenvalue weighted by atomic mass is 9.93. The molecule has 2 aliphatic rings. The SMILES string of the molecule is CC.COc1ccc(NC(=O)N(c2ccccc2C(C)C)C2CC3CCC(C2)N3C(C)=O)c(OC(F)F)n1. The molecule has 0 radical (unpaired) electrons. The molecule has 0 aliphatic carbocycles. The Labute approximate surface area is 223 Å². The molecule has 0 saturated carbocycles. The Bertz CT molecular complexity index is 1100. The van der Waals surface area contributed by atoms with Gasteiger partial charge in [-0.15, -0.1) is 0 Å². The molecular weight excluding hydrogens is 494 g/mol. The topological polar surface area (TPSA) is 84.0 Å². The van der Waals surface area contributed by atoms with Gasteiger partial charge >= 0.3 is 12.6 Å². The van der Waals surface area contributed by atoms with Gasteiger partial charge in [-0.1, -0.05) is 45.9 Å². The predicted molar refractivity (Wildman–Crippen MR) is 143 cm³/mol. The first-order valence-electron chi connectivity index (χ1n) is 13.2. The minimum absolute atomic E-state index is 0.0114. The second-order valence-corrected chi connectivity index (χ2v) is 9.54. The number of ether oxygens (including phenoxy) is 2. The fraction of sp³-hybridized carbons (Fsp3) is 0.536. The number of piperidine rings is 1.